The van der Waals surface area contributed by atoms with Crippen LogP contribution in [0, 0.1) is 5.92 Å². The summed E-state index contributed by atoms with van der Waals surface area (Å²) in [6.07, 6.45) is 3.78. The molecule has 2 N–H and O–H groups in total. The van der Waals surface area contributed by atoms with Crippen molar-refractivity contribution in [3.8, 4) is 0 Å². The first-order valence-electron chi connectivity index (χ1n) is 6.65. The van der Waals surface area contributed by atoms with E-state index in [2.05, 4.69) is 37.4 Å². The Labute approximate surface area is 104 Å². The van der Waals surface area contributed by atoms with Crippen LogP contribution >= 0.6 is 0 Å². The molecule has 1 atom stereocenters. The maximum absolute atomic E-state index is 9.27. The van der Waals surface area contributed by atoms with Crippen molar-refractivity contribution < 1.29 is 5.11 Å². The molecule has 0 unspecified atom stereocenters. The fraction of sp³-hybridized carbons (Fsp3) is 0.600. The highest BCUT2D eigenvalue weighted by Gasteiger charge is 2.13. The lowest BCUT2D eigenvalue weighted by Crippen LogP contribution is -2.36. The van der Waals surface area contributed by atoms with Crippen LogP contribution in [0.15, 0.2) is 18.2 Å². The molecule has 0 radical (unpaired) electrons. The van der Waals surface area contributed by atoms with Gasteiger partial charge in [-0.05, 0) is 41.9 Å². The molecule has 0 heterocycles. The molecule has 94 valence electrons. The van der Waals surface area contributed by atoms with E-state index in [1.807, 2.05) is 0 Å². The van der Waals surface area contributed by atoms with Crippen LogP contribution in [0.1, 0.15) is 37.0 Å². The van der Waals surface area contributed by atoms with Crippen LogP contribution in [0.3, 0.4) is 0 Å². The van der Waals surface area contributed by atoms with Gasteiger partial charge < -0.3 is 10.4 Å². The van der Waals surface area contributed by atoms with Crippen LogP contribution < -0.4 is 5.32 Å². The van der Waals surface area contributed by atoms with Gasteiger partial charge in [0.15, 0.2) is 0 Å². The largest absolute Gasteiger partial charge is 0.395 e. The van der Waals surface area contributed by atoms with Crippen molar-refractivity contribution in [1.29, 1.82) is 0 Å². The summed E-state index contributed by atoms with van der Waals surface area (Å²) >= 11 is 0. The van der Waals surface area contributed by atoms with E-state index in [9.17, 15) is 5.11 Å². The van der Waals surface area contributed by atoms with E-state index in [0.29, 0.717) is 5.92 Å². The highest BCUT2D eigenvalue weighted by Crippen LogP contribution is 2.22. The van der Waals surface area contributed by atoms with Gasteiger partial charge in [-0.3, -0.25) is 0 Å². The molecule has 0 saturated heterocycles. The van der Waals surface area contributed by atoms with Crippen molar-refractivity contribution in [3.63, 3.8) is 0 Å². The quantitative estimate of drug-likeness (QED) is 0.818. The van der Waals surface area contributed by atoms with Crippen molar-refractivity contribution in [3.05, 3.63) is 34.9 Å². The van der Waals surface area contributed by atoms with Crippen LogP contribution in [0.4, 0.5) is 0 Å². The average molecular weight is 233 g/mol. The number of rotatable bonds is 5. The Morgan fingerprint density at radius 3 is 2.71 bits per heavy atom. The minimum absolute atomic E-state index is 0.197. The van der Waals surface area contributed by atoms with Crippen LogP contribution in [-0.2, 0) is 19.4 Å². The number of aliphatic hydroxyl groups excluding tert-OH is 1. The number of hydrogen-bond donors (Lipinski definition) is 2. The summed E-state index contributed by atoms with van der Waals surface area (Å²) in [5.41, 5.74) is 4.38. The highest BCUT2D eigenvalue weighted by atomic mass is 16.3. The van der Waals surface area contributed by atoms with Gasteiger partial charge in [0.25, 0.3) is 0 Å². The van der Waals surface area contributed by atoms with Gasteiger partial charge in [0, 0.05) is 12.6 Å². The smallest absolute Gasteiger partial charge is 0.0587 e. The summed E-state index contributed by atoms with van der Waals surface area (Å²) < 4.78 is 0. The van der Waals surface area contributed by atoms with Crippen LogP contribution in [0.5, 0.6) is 0 Å². The van der Waals surface area contributed by atoms with Gasteiger partial charge in [-0.1, -0.05) is 32.0 Å². The number of aryl methyl sites for hydroxylation is 2. The summed E-state index contributed by atoms with van der Waals surface area (Å²) in [4.78, 5) is 0. The predicted molar refractivity (Wildman–Crippen MR) is 71.0 cm³/mol. The van der Waals surface area contributed by atoms with Crippen molar-refractivity contribution >= 4 is 0 Å². The van der Waals surface area contributed by atoms with Crippen molar-refractivity contribution in [2.24, 2.45) is 5.92 Å². The molecular weight excluding hydrogens is 210 g/mol. The molecular formula is C15H23NO. The first-order chi connectivity index (χ1) is 8.20. The van der Waals surface area contributed by atoms with Gasteiger partial charge in [0.05, 0.1) is 6.61 Å². The molecule has 2 rings (SSSR count). The molecule has 0 saturated carbocycles. The molecule has 2 heteroatoms. The van der Waals surface area contributed by atoms with Gasteiger partial charge in [-0.2, -0.15) is 0 Å². The minimum atomic E-state index is 0.197. The summed E-state index contributed by atoms with van der Waals surface area (Å²) in [5.74, 6) is 0.467. The fourth-order valence-electron chi connectivity index (χ4n) is 2.50. The molecule has 1 aliphatic rings. The fourth-order valence-corrected chi connectivity index (χ4v) is 2.50. The SMILES string of the molecule is CC(C)[C@@H](CO)NCc1ccc2c(c1)CCC2. The van der Waals surface area contributed by atoms with Gasteiger partial charge in [-0.15, -0.1) is 0 Å². The second-order valence-corrected chi connectivity index (χ2v) is 5.37. The first kappa shape index (κ1) is 12.6. The van der Waals surface area contributed by atoms with Gasteiger partial charge in [-0.25, -0.2) is 0 Å². The van der Waals surface area contributed by atoms with Crippen molar-refractivity contribution in [1.82, 2.24) is 5.32 Å². The van der Waals surface area contributed by atoms with Gasteiger partial charge in [0.1, 0.15) is 0 Å². The van der Waals surface area contributed by atoms with E-state index >= 15 is 0 Å². The number of aliphatic hydroxyl groups is 1. The Bertz CT molecular complexity index is 373. The Hall–Kier alpha value is -0.860. The third kappa shape index (κ3) is 3.08. The third-order valence-electron chi connectivity index (χ3n) is 3.73. The standard InChI is InChI=1S/C15H23NO/c1-11(2)15(10-17)16-9-12-6-7-13-4-3-5-14(13)8-12/h6-8,11,15-17H,3-5,9-10H2,1-2H3/t15-/m1/s1. The monoisotopic (exact) mass is 233 g/mol. The lowest BCUT2D eigenvalue weighted by atomic mass is 10.0. The van der Waals surface area contributed by atoms with E-state index in [1.54, 1.807) is 0 Å². The second kappa shape index (κ2) is 5.65. The molecule has 2 nitrogen and oxygen atoms in total. The molecule has 0 aliphatic heterocycles. The molecule has 0 spiro atoms. The Kier molecular flexibility index (Phi) is 4.19. The molecule has 0 fully saturated rings. The zero-order valence-corrected chi connectivity index (χ0v) is 10.9. The van der Waals surface area contributed by atoms with Gasteiger partial charge in [0.2, 0.25) is 0 Å². The van der Waals surface area contributed by atoms with Crippen molar-refractivity contribution in [2.75, 3.05) is 6.61 Å². The van der Waals surface area contributed by atoms with Gasteiger partial charge >= 0.3 is 0 Å². The summed E-state index contributed by atoms with van der Waals surface area (Å²) in [6, 6.07) is 7.00. The lowest BCUT2D eigenvalue weighted by Gasteiger charge is -2.20. The van der Waals surface area contributed by atoms with Crippen LogP contribution in [0.2, 0.25) is 0 Å². The third-order valence-corrected chi connectivity index (χ3v) is 3.73. The van der Waals surface area contributed by atoms with E-state index in [0.717, 1.165) is 6.54 Å². The van der Waals surface area contributed by atoms with E-state index in [4.69, 9.17) is 0 Å². The molecule has 0 bridgehead atoms. The molecule has 0 amide bonds. The van der Waals surface area contributed by atoms with E-state index < -0.39 is 0 Å². The zero-order chi connectivity index (χ0) is 12.3. The molecule has 1 aromatic rings. The molecule has 0 aromatic heterocycles. The second-order valence-electron chi connectivity index (χ2n) is 5.37. The van der Waals surface area contributed by atoms with E-state index in [1.165, 1.54) is 36.0 Å². The Morgan fingerprint density at radius 2 is 2.00 bits per heavy atom. The van der Waals surface area contributed by atoms with Crippen LogP contribution in [0.25, 0.3) is 0 Å². The maximum Gasteiger partial charge on any atom is 0.0587 e. The summed E-state index contributed by atoms with van der Waals surface area (Å²) in [5, 5.41) is 12.7. The maximum atomic E-state index is 9.27. The Morgan fingerprint density at radius 1 is 1.24 bits per heavy atom. The zero-order valence-electron chi connectivity index (χ0n) is 10.9. The highest BCUT2D eigenvalue weighted by molar-refractivity contribution is 5.35. The first-order valence-corrected chi connectivity index (χ1v) is 6.65. The number of hydrogen-bond acceptors (Lipinski definition) is 2. The minimum Gasteiger partial charge on any atom is -0.395 e. The number of fused-ring (bicyclic) bond motifs is 1. The lowest BCUT2D eigenvalue weighted by molar-refractivity contribution is 0.210. The van der Waals surface area contributed by atoms with Crippen molar-refractivity contribution in [2.45, 2.75) is 45.7 Å². The summed E-state index contributed by atoms with van der Waals surface area (Å²) in [7, 11) is 0. The molecule has 17 heavy (non-hydrogen) atoms. The molecule has 1 aliphatic carbocycles. The topological polar surface area (TPSA) is 32.3 Å². The molecule has 1 aromatic carbocycles. The predicted octanol–water partition coefficient (Wildman–Crippen LogP) is 2.28. The Balaban J connectivity index is 1.95. The number of nitrogens with one attached hydrogen (secondary N) is 1. The number of benzene rings is 1. The normalized spacial score (nSPS) is 16.2. The van der Waals surface area contributed by atoms with Crippen LogP contribution in [-0.4, -0.2) is 17.8 Å². The van der Waals surface area contributed by atoms with E-state index in [-0.39, 0.29) is 12.6 Å². The average Bonchev–Trinajstić information content (AvgIpc) is 2.76. The summed E-state index contributed by atoms with van der Waals surface area (Å²) in [6.45, 7) is 5.34.